The minimum absolute atomic E-state index is 0.206. The molecule has 2 aliphatic heterocycles. The number of fused-ring (bicyclic) bond motifs is 3. The number of carbonyl (C=O) groups excluding carboxylic acids is 4. The fourth-order valence-corrected chi connectivity index (χ4v) is 5.76. The van der Waals surface area contributed by atoms with Gasteiger partial charge in [-0.2, -0.15) is 0 Å². The number of para-hydroxylation sites is 2. The highest BCUT2D eigenvalue weighted by atomic mass is 16.5. The van der Waals surface area contributed by atoms with Crippen molar-refractivity contribution in [1.82, 2.24) is 0 Å². The van der Waals surface area contributed by atoms with Crippen molar-refractivity contribution in [3.05, 3.63) is 95.1 Å². The Morgan fingerprint density at radius 3 is 2.06 bits per heavy atom. The summed E-state index contributed by atoms with van der Waals surface area (Å²) in [7, 11) is 1.45. The van der Waals surface area contributed by atoms with Crippen LogP contribution in [-0.2, 0) is 14.3 Å². The van der Waals surface area contributed by atoms with Crippen molar-refractivity contribution < 1.29 is 28.7 Å². The first kappa shape index (κ1) is 21.4. The molecule has 1 aliphatic carbocycles. The summed E-state index contributed by atoms with van der Waals surface area (Å²) in [4.78, 5) is 56.6. The second-order valence-electron chi connectivity index (χ2n) is 9.02. The average Bonchev–Trinajstić information content (AvgIpc) is 3.44. The van der Waals surface area contributed by atoms with Gasteiger partial charge in [-0.1, -0.05) is 60.7 Å². The molecule has 0 radical (unpaired) electrons. The molecule has 174 valence electrons. The van der Waals surface area contributed by atoms with E-state index >= 15 is 0 Å². The first-order valence-electron chi connectivity index (χ1n) is 11.3. The number of carbonyl (C=O) groups is 4. The summed E-state index contributed by atoms with van der Waals surface area (Å²) in [6.45, 7) is 1.87. The van der Waals surface area contributed by atoms with Crippen LogP contribution in [0.3, 0.4) is 0 Å². The molecule has 35 heavy (non-hydrogen) atoms. The fourth-order valence-electron chi connectivity index (χ4n) is 5.76. The molecular formula is C28H21NO6. The maximum Gasteiger partial charge on any atom is 0.241 e. The Labute approximate surface area is 201 Å². The van der Waals surface area contributed by atoms with Crippen LogP contribution < -0.4 is 9.64 Å². The van der Waals surface area contributed by atoms with Crippen molar-refractivity contribution in [3.8, 4) is 5.75 Å². The van der Waals surface area contributed by atoms with Crippen molar-refractivity contribution in [2.45, 2.75) is 18.6 Å². The Kier molecular flexibility index (Phi) is 4.56. The van der Waals surface area contributed by atoms with E-state index in [4.69, 9.17) is 9.47 Å². The molecule has 2 fully saturated rings. The van der Waals surface area contributed by atoms with Crippen LogP contribution in [0.2, 0.25) is 0 Å². The van der Waals surface area contributed by atoms with Crippen molar-refractivity contribution in [3.63, 3.8) is 0 Å². The van der Waals surface area contributed by atoms with E-state index in [9.17, 15) is 19.2 Å². The maximum atomic E-state index is 14.0. The lowest BCUT2D eigenvalue weighted by atomic mass is 9.77. The Hall–Kier alpha value is -4.10. The number of aryl methyl sites for hydroxylation is 1. The van der Waals surface area contributed by atoms with Crippen molar-refractivity contribution >= 4 is 29.1 Å². The molecule has 3 atom stereocenters. The molecule has 7 nitrogen and oxygen atoms in total. The molecular weight excluding hydrogens is 446 g/mol. The van der Waals surface area contributed by atoms with Gasteiger partial charge < -0.3 is 9.47 Å². The SMILES string of the molecule is COc1ccccc1N1C(=O)[C@@H]2[C@@H](c3ccccc3C)OC3(C(=O)c4ccccc4C3=O)[C@@H]2C1=O. The van der Waals surface area contributed by atoms with E-state index < -0.39 is 46.9 Å². The van der Waals surface area contributed by atoms with Gasteiger partial charge in [0.05, 0.1) is 30.7 Å². The van der Waals surface area contributed by atoms with E-state index in [1.807, 2.05) is 19.1 Å². The molecule has 0 bridgehead atoms. The van der Waals surface area contributed by atoms with Crippen LogP contribution in [0, 0.1) is 18.8 Å². The fraction of sp³-hybridized carbons (Fsp3) is 0.214. The van der Waals surface area contributed by atoms with Gasteiger partial charge in [0.25, 0.3) is 0 Å². The quantitative estimate of drug-likeness (QED) is 0.431. The van der Waals surface area contributed by atoms with E-state index in [1.165, 1.54) is 7.11 Å². The van der Waals surface area contributed by atoms with E-state index in [0.717, 1.165) is 10.5 Å². The van der Waals surface area contributed by atoms with E-state index in [1.54, 1.807) is 60.7 Å². The molecule has 2 heterocycles. The summed E-state index contributed by atoms with van der Waals surface area (Å²) in [6.07, 6.45) is -0.945. The number of anilines is 1. The Balaban J connectivity index is 1.57. The number of hydrogen-bond acceptors (Lipinski definition) is 6. The van der Waals surface area contributed by atoms with Gasteiger partial charge in [0.2, 0.25) is 29.0 Å². The lowest BCUT2D eigenvalue weighted by Gasteiger charge is -2.28. The van der Waals surface area contributed by atoms with Crippen molar-refractivity contribution in [2.24, 2.45) is 11.8 Å². The molecule has 3 aromatic rings. The highest BCUT2D eigenvalue weighted by molar-refractivity contribution is 6.37. The lowest BCUT2D eigenvalue weighted by molar-refractivity contribution is -0.127. The Morgan fingerprint density at radius 2 is 1.40 bits per heavy atom. The van der Waals surface area contributed by atoms with Gasteiger partial charge in [-0.3, -0.25) is 19.2 Å². The van der Waals surface area contributed by atoms with E-state index in [2.05, 4.69) is 0 Å². The molecule has 3 aliphatic rings. The van der Waals surface area contributed by atoms with Gasteiger partial charge in [-0.25, -0.2) is 4.90 Å². The number of rotatable bonds is 3. The molecule has 1 spiro atoms. The predicted octanol–water partition coefficient (Wildman–Crippen LogP) is 3.70. The number of benzene rings is 3. The number of Topliss-reactive ketones (excluding diaryl/α,β-unsaturated/α-hetero) is 2. The molecule has 0 saturated carbocycles. The molecule has 2 amide bonds. The topological polar surface area (TPSA) is 90.0 Å². The van der Waals surface area contributed by atoms with Crippen LogP contribution in [0.1, 0.15) is 37.9 Å². The third-order valence-electron chi connectivity index (χ3n) is 7.34. The number of nitrogens with zero attached hydrogens (tertiary/aromatic N) is 1. The molecule has 2 saturated heterocycles. The molecule has 0 N–H and O–H groups in total. The summed E-state index contributed by atoms with van der Waals surface area (Å²) >= 11 is 0. The molecule has 0 unspecified atom stereocenters. The van der Waals surface area contributed by atoms with Crippen molar-refractivity contribution in [2.75, 3.05) is 12.0 Å². The summed E-state index contributed by atoms with van der Waals surface area (Å²) in [5.74, 6) is -4.32. The van der Waals surface area contributed by atoms with Gasteiger partial charge in [0.1, 0.15) is 5.75 Å². The molecule has 0 aromatic heterocycles. The zero-order valence-electron chi connectivity index (χ0n) is 19.1. The highest BCUT2D eigenvalue weighted by Crippen LogP contribution is 2.58. The van der Waals surface area contributed by atoms with Crippen LogP contribution >= 0.6 is 0 Å². The summed E-state index contributed by atoms with van der Waals surface area (Å²) in [5.41, 5.74) is 0.0904. The van der Waals surface area contributed by atoms with Crippen molar-refractivity contribution in [1.29, 1.82) is 0 Å². The second kappa shape index (κ2) is 7.45. The van der Waals surface area contributed by atoms with E-state index in [-0.39, 0.29) is 16.8 Å². The van der Waals surface area contributed by atoms with E-state index in [0.29, 0.717) is 11.3 Å². The third kappa shape index (κ3) is 2.64. The Bertz CT molecular complexity index is 1410. The van der Waals surface area contributed by atoms with Gasteiger partial charge in [0.15, 0.2) is 0 Å². The van der Waals surface area contributed by atoms with Crippen LogP contribution in [0.5, 0.6) is 5.75 Å². The normalized spacial score (nSPS) is 24.3. The van der Waals surface area contributed by atoms with Gasteiger partial charge in [-0.05, 0) is 30.2 Å². The van der Waals surface area contributed by atoms with Crippen LogP contribution in [0.4, 0.5) is 5.69 Å². The summed E-state index contributed by atoms with van der Waals surface area (Å²) in [5, 5.41) is 0. The molecule has 6 rings (SSSR count). The number of imide groups is 1. The predicted molar refractivity (Wildman–Crippen MR) is 125 cm³/mol. The number of ether oxygens (including phenoxy) is 2. The highest BCUT2D eigenvalue weighted by Gasteiger charge is 2.75. The first-order valence-corrected chi connectivity index (χ1v) is 11.3. The summed E-state index contributed by atoms with van der Waals surface area (Å²) in [6, 6.07) is 20.5. The third-order valence-corrected chi connectivity index (χ3v) is 7.34. The first-order chi connectivity index (χ1) is 16.9. The van der Waals surface area contributed by atoms with Gasteiger partial charge in [-0.15, -0.1) is 0 Å². The van der Waals surface area contributed by atoms with Crippen LogP contribution in [0.15, 0.2) is 72.8 Å². The maximum absolute atomic E-state index is 14.0. The molecule has 7 heteroatoms. The van der Waals surface area contributed by atoms with Gasteiger partial charge in [0, 0.05) is 11.1 Å². The molecule has 3 aromatic carbocycles. The number of amides is 2. The lowest BCUT2D eigenvalue weighted by Crippen LogP contribution is -2.51. The minimum Gasteiger partial charge on any atom is -0.495 e. The number of ketones is 2. The standard InChI is InChI=1S/C28H21NO6/c1-15-9-3-4-10-16(15)23-21-22(27(33)29(26(21)32)19-13-7-8-14-20(19)34-2)28(35-23)24(30)17-11-5-6-12-18(17)25(28)31/h3-14,21-23H,1-2H3/t21-,22-,23+/m0/s1. The number of hydrogen-bond donors (Lipinski definition) is 0. The second-order valence-corrected chi connectivity index (χ2v) is 9.02. The van der Waals surface area contributed by atoms with Gasteiger partial charge >= 0.3 is 0 Å². The minimum atomic E-state index is -2.09. The smallest absolute Gasteiger partial charge is 0.241 e. The monoisotopic (exact) mass is 467 g/mol. The largest absolute Gasteiger partial charge is 0.495 e. The Morgan fingerprint density at radius 1 is 0.800 bits per heavy atom. The number of methoxy groups -OCH3 is 1. The zero-order valence-corrected chi connectivity index (χ0v) is 19.1. The average molecular weight is 467 g/mol. The van der Waals surface area contributed by atoms with Crippen LogP contribution in [-0.4, -0.2) is 36.1 Å². The van der Waals surface area contributed by atoms with Crippen LogP contribution in [0.25, 0.3) is 0 Å². The summed E-state index contributed by atoms with van der Waals surface area (Å²) < 4.78 is 11.7. The zero-order chi connectivity index (χ0) is 24.5.